The van der Waals surface area contributed by atoms with Crippen LogP contribution in [0.3, 0.4) is 0 Å². The molecule has 19 heavy (non-hydrogen) atoms. The number of amides is 1. The molecule has 1 N–H and O–H groups in total. The molecule has 1 amide bonds. The highest BCUT2D eigenvalue weighted by Crippen LogP contribution is 2.21. The van der Waals surface area contributed by atoms with Gasteiger partial charge < -0.3 is 0 Å². The SMILES string of the molecule is C/C(=N\NC(=O)c1ccc(F)cc1)c1ccc(Cl)s1. The van der Waals surface area contributed by atoms with E-state index in [1.165, 1.54) is 35.6 Å². The number of hydrazone groups is 1. The minimum Gasteiger partial charge on any atom is -0.267 e. The molecule has 0 atom stereocenters. The third-order valence-corrected chi connectivity index (χ3v) is 3.70. The van der Waals surface area contributed by atoms with Gasteiger partial charge in [0.25, 0.3) is 5.91 Å². The Kier molecular flexibility index (Phi) is 4.29. The molecule has 0 saturated carbocycles. The smallest absolute Gasteiger partial charge is 0.267 e. The predicted octanol–water partition coefficient (Wildman–Crippen LogP) is 3.69. The van der Waals surface area contributed by atoms with Crippen molar-refractivity contribution in [3.8, 4) is 0 Å². The Morgan fingerprint density at radius 3 is 2.53 bits per heavy atom. The summed E-state index contributed by atoms with van der Waals surface area (Å²) < 4.78 is 13.4. The number of hydrogen-bond acceptors (Lipinski definition) is 3. The van der Waals surface area contributed by atoms with Crippen LogP contribution in [0, 0.1) is 5.82 Å². The highest BCUT2D eigenvalue weighted by atomic mass is 35.5. The maximum absolute atomic E-state index is 12.7. The molecule has 6 heteroatoms. The van der Waals surface area contributed by atoms with Gasteiger partial charge in [-0.15, -0.1) is 11.3 Å². The largest absolute Gasteiger partial charge is 0.271 e. The predicted molar refractivity (Wildman–Crippen MR) is 75.4 cm³/mol. The number of thiophene rings is 1. The Morgan fingerprint density at radius 1 is 1.26 bits per heavy atom. The molecule has 1 aromatic heterocycles. The zero-order valence-electron chi connectivity index (χ0n) is 9.98. The van der Waals surface area contributed by atoms with Gasteiger partial charge in [-0.05, 0) is 43.3 Å². The lowest BCUT2D eigenvalue weighted by Crippen LogP contribution is -2.19. The topological polar surface area (TPSA) is 41.5 Å². The van der Waals surface area contributed by atoms with Crippen molar-refractivity contribution in [3.05, 3.63) is 57.0 Å². The summed E-state index contributed by atoms with van der Waals surface area (Å²) in [6.45, 7) is 1.77. The van der Waals surface area contributed by atoms with E-state index in [1.54, 1.807) is 13.0 Å². The van der Waals surface area contributed by atoms with Crippen molar-refractivity contribution in [2.24, 2.45) is 5.10 Å². The van der Waals surface area contributed by atoms with Gasteiger partial charge in [-0.1, -0.05) is 11.6 Å². The summed E-state index contributed by atoms with van der Waals surface area (Å²) in [7, 11) is 0. The van der Waals surface area contributed by atoms with Crippen molar-refractivity contribution < 1.29 is 9.18 Å². The van der Waals surface area contributed by atoms with Gasteiger partial charge in [0, 0.05) is 5.56 Å². The fraction of sp³-hybridized carbons (Fsp3) is 0.0769. The number of carbonyl (C=O) groups is 1. The maximum atomic E-state index is 12.7. The van der Waals surface area contributed by atoms with Crippen molar-refractivity contribution in [2.45, 2.75) is 6.92 Å². The summed E-state index contributed by atoms with van der Waals surface area (Å²) in [5.41, 5.74) is 3.42. The number of nitrogens with zero attached hydrogens (tertiary/aromatic N) is 1. The fourth-order valence-corrected chi connectivity index (χ4v) is 2.35. The zero-order chi connectivity index (χ0) is 13.8. The van der Waals surface area contributed by atoms with E-state index in [9.17, 15) is 9.18 Å². The molecule has 1 aromatic carbocycles. The van der Waals surface area contributed by atoms with E-state index in [4.69, 9.17) is 11.6 Å². The normalized spacial score (nSPS) is 11.4. The second-order valence-corrected chi connectivity index (χ2v) is 5.46. The molecule has 0 saturated heterocycles. The van der Waals surface area contributed by atoms with Crippen LogP contribution < -0.4 is 5.43 Å². The number of benzene rings is 1. The third-order valence-electron chi connectivity index (χ3n) is 2.36. The molecule has 98 valence electrons. The van der Waals surface area contributed by atoms with E-state index in [-0.39, 0.29) is 11.7 Å². The zero-order valence-corrected chi connectivity index (χ0v) is 11.6. The van der Waals surface area contributed by atoms with Gasteiger partial charge in [-0.2, -0.15) is 5.10 Å². The van der Waals surface area contributed by atoms with Gasteiger partial charge in [-0.25, -0.2) is 9.82 Å². The lowest BCUT2D eigenvalue weighted by Gasteiger charge is -2.01. The summed E-state index contributed by atoms with van der Waals surface area (Å²) in [6, 6.07) is 8.85. The van der Waals surface area contributed by atoms with Crippen LogP contribution in [0.4, 0.5) is 4.39 Å². The first-order valence-electron chi connectivity index (χ1n) is 5.42. The van der Waals surface area contributed by atoms with Gasteiger partial charge in [0.15, 0.2) is 0 Å². The molecule has 0 radical (unpaired) electrons. The molecule has 0 aliphatic heterocycles. The van der Waals surface area contributed by atoms with Gasteiger partial charge >= 0.3 is 0 Å². The average Bonchev–Trinajstić information content (AvgIpc) is 2.83. The number of halogens is 2. The van der Waals surface area contributed by atoms with Gasteiger partial charge in [-0.3, -0.25) is 4.79 Å². The van der Waals surface area contributed by atoms with Crippen LogP contribution in [-0.2, 0) is 0 Å². The second-order valence-electron chi connectivity index (χ2n) is 3.75. The average molecular weight is 297 g/mol. The summed E-state index contributed by atoms with van der Waals surface area (Å²) in [6.07, 6.45) is 0. The van der Waals surface area contributed by atoms with Crippen molar-refractivity contribution in [2.75, 3.05) is 0 Å². The van der Waals surface area contributed by atoms with Crippen LogP contribution in [-0.4, -0.2) is 11.6 Å². The first-order chi connectivity index (χ1) is 9.06. The van der Waals surface area contributed by atoms with Gasteiger partial charge in [0.2, 0.25) is 0 Å². The van der Waals surface area contributed by atoms with Gasteiger partial charge in [0.1, 0.15) is 5.82 Å². The van der Waals surface area contributed by atoms with Crippen molar-refractivity contribution in [1.29, 1.82) is 0 Å². The first-order valence-corrected chi connectivity index (χ1v) is 6.61. The summed E-state index contributed by atoms with van der Waals surface area (Å²) in [5.74, 6) is -0.772. The Hall–Kier alpha value is -1.72. The van der Waals surface area contributed by atoms with E-state index in [2.05, 4.69) is 10.5 Å². The van der Waals surface area contributed by atoms with Crippen molar-refractivity contribution in [3.63, 3.8) is 0 Å². The minimum absolute atomic E-state index is 0.349. The van der Waals surface area contributed by atoms with E-state index in [0.717, 1.165) is 4.88 Å². The first kappa shape index (κ1) is 13.7. The van der Waals surface area contributed by atoms with E-state index in [0.29, 0.717) is 15.6 Å². The summed E-state index contributed by atoms with van der Waals surface area (Å²) >= 11 is 7.20. The van der Waals surface area contributed by atoms with Crippen molar-refractivity contribution in [1.82, 2.24) is 5.43 Å². The monoisotopic (exact) mass is 296 g/mol. The van der Waals surface area contributed by atoms with E-state index in [1.807, 2.05) is 6.07 Å². The molecule has 0 unspecified atom stereocenters. The lowest BCUT2D eigenvalue weighted by atomic mass is 10.2. The Balaban J connectivity index is 2.05. The highest BCUT2D eigenvalue weighted by Gasteiger charge is 2.06. The maximum Gasteiger partial charge on any atom is 0.271 e. The lowest BCUT2D eigenvalue weighted by molar-refractivity contribution is 0.0955. The van der Waals surface area contributed by atoms with Crippen LogP contribution in [0.1, 0.15) is 22.2 Å². The van der Waals surface area contributed by atoms with E-state index >= 15 is 0 Å². The Morgan fingerprint density at radius 2 is 1.95 bits per heavy atom. The molecular weight excluding hydrogens is 287 g/mol. The quantitative estimate of drug-likeness (QED) is 0.681. The number of hydrogen-bond donors (Lipinski definition) is 1. The molecule has 0 spiro atoms. The molecule has 2 rings (SSSR count). The molecule has 0 fully saturated rings. The molecule has 3 nitrogen and oxygen atoms in total. The van der Waals surface area contributed by atoms with Crippen LogP contribution in [0.15, 0.2) is 41.5 Å². The van der Waals surface area contributed by atoms with Crippen LogP contribution >= 0.6 is 22.9 Å². The second kappa shape index (κ2) is 5.95. The molecule has 0 aliphatic rings. The number of nitrogens with one attached hydrogen (secondary N) is 1. The summed E-state index contributed by atoms with van der Waals surface area (Å²) in [4.78, 5) is 12.6. The van der Waals surface area contributed by atoms with Crippen LogP contribution in [0.25, 0.3) is 0 Å². The molecule has 0 bridgehead atoms. The fourth-order valence-electron chi connectivity index (χ4n) is 1.36. The third kappa shape index (κ3) is 3.62. The number of rotatable bonds is 3. The van der Waals surface area contributed by atoms with E-state index < -0.39 is 0 Å². The molecule has 0 aliphatic carbocycles. The molecular formula is C13H10ClFN2OS. The standard InChI is InChI=1S/C13H10ClFN2OS/c1-8(11-6-7-12(14)19-11)16-17-13(18)9-2-4-10(15)5-3-9/h2-7H,1H3,(H,17,18)/b16-8+. The Bertz CT molecular complexity index is 622. The number of carbonyl (C=O) groups excluding carboxylic acids is 1. The highest BCUT2D eigenvalue weighted by molar-refractivity contribution is 7.18. The summed E-state index contributed by atoms with van der Waals surface area (Å²) in [5, 5.41) is 3.98. The van der Waals surface area contributed by atoms with Crippen LogP contribution in [0.2, 0.25) is 4.34 Å². The van der Waals surface area contributed by atoms with Gasteiger partial charge in [0.05, 0.1) is 14.9 Å². The molecule has 2 aromatic rings. The molecule has 1 heterocycles. The van der Waals surface area contributed by atoms with Crippen LogP contribution in [0.5, 0.6) is 0 Å². The Labute approximate surface area is 118 Å². The van der Waals surface area contributed by atoms with Crippen molar-refractivity contribution >= 4 is 34.6 Å². The minimum atomic E-state index is -0.387.